The SMILES string of the molecule is Cc1cnc(N2CC3(CCOCC3)C2)c(NS(=O)(=O)c2ccc(C(=O)O)cc2)c1. The quantitative estimate of drug-likeness (QED) is 0.769. The summed E-state index contributed by atoms with van der Waals surface area (Å²) in [6.45, 7) is 5.04. The number of nitrogens with one attached hydrogen (secondary N) is 1. The van der Waals surface area contributed by atoms with Gasteiger partial charge in [0.1, 0.15) is 0 Å². The molecule has 0 bridgehead atoms. The third-order valence-corrected chi connectivity index (χ3v) is 6.95. The van der Waals surface area contributed by atoms with E-state index in [9.17, 15) is 13.2 Å². The van der Waals surface area contributed by atoms with Crippen LogP contribution in [0, 0.1) is 12.3 Å². The molecule has 2 saturated heterocycles. The van der Waals surface area contributed by atoms with Crippen molar-refractivity contribution in [3.8, 4) is 0 Å². The number of rotatable bonds is 5. The van der Waals surface area contributed by atoms with Gasteiger partial charge in [0, 0.05) is 37.9 Å². The first-order valence-corrected chi connectivity index (χ1v) is 10.9. The minimum Gasteiger partial charge on any atom is -0.478 e. The lowest BCUT2D eigenvalue weighted by atomic mass is 9.73. The molecule has 0 radical (unpaired) electrons. The number of aromatic nitrogens is 1. The van der Waals surface area contributed by atoms with Gasteiger partial charge in [-0.15, -0.1) is 0 Å². The molecule has 0 aliphatic carbocycles. The van der Waals surface area contributed by atoms with Crippen molar-refractivity contribution in [1.29, 1.82) is 0 Å². The Hall–Kier alpha value is -2.65. The third kappa shape index (κ3) is 3.92. The standard InChI is InChI=1S/C20H23N3O5S/c1-14-10-17(22-29(26,27)16-4-2-15(3-5-16)19(24)25)18(21-11-14)23-12-20(13-23)6-8-28-9-7-20/h2-5,10-11,22H,6-9,12-13H2,1H3,(H,24,25). The van der Waals surface area contributed by atoms with Crippen LogP contribution in [0.3, 0.4) is 0 Å². The van der Waals surface area contributed by atoms with Crippen LogP contribution in [0.2, 0.25) is 0 Å². The molecule has 9 heteroatoms. The summed E-state index contributed by atoms with van der Waals surface area (Å²) >= 11 is 0. The average Bonchev–Trinajstić information content (AvgIpc) is 2.67. The van der Waals surface area contributed by atoms with Crippen molar-refractivity contribution in [2.75, 3.05) is 35.9 Å². The fourth-order valence-corrected chi connectivity index (χ4v) is 4.96. The Morgan fingerprint density at radius 3 is 2.48 bits per heavy atom. The summed E-state index contributed by atoms with van der Waals surface area (Å²) in [7, 11) is -3.88. The van der Waals surface area contributed by atoms with Gasteiger partial charge in [-0.05, 0) is 55.7 Å². The summed E-state index contributed by atoms with van der Waals surface area (Å²) in [4.78, 5) is 17.6. The van der Waals surface area contributed by atoms with Crippen LogP contribution < -0.4 is 9.62 Å². The molecule has 1 aromatic carbocycles. The maximum atomic E-state index is 12.8. The molecule has 2 aliphatic rings. The Balaban J connectivity index is 1.57. The molecule has 2 aliphatic heterocycles. The molecule has 0 unspecified atom stereocenters. The Kier molecular flexibility index (Phi) is 4.95. The van der Waals surface area contributed by atoms with Gasteiger partial charge < -0.3 is 14.7 Å². The van der Waals surface area contributed by atoms with Crippen molar-refractivity contribution < 1.29 is 23.1 Å². The van der Waals surface area contributed by atoms with Gasteiger partial charge in [0.05, 0.1) is 16.1 Å². The smallest absolute Gasteiger partial charge is 0.335 e. The Morgan fingerprint density at radius 2 is 1.86 bits per heavy atom. The highest BCUT2D eigenvalue weighted by atomic mass is 32.2. The van der Waals surface area contributed by atoms with Gasteiger partial charge in [-0.25, -0.2) is 18.2 Å². The third-order valence-electron chi connectivity index (χ3n) is 5.56. The summed E-state index contributed by atoms with van der Waals surface area (Å²) < 4.78 is 33.8. The molecule has 1 aromatic heterocycles. The van der Waals surface area contributed by atoms with Crippen molar-refractivity contribution in [2.45, 2.75) is 24.7 Å². The second-order valence-electron chi connectivity index (χ2n) is 7.79. The van der Waals surface area contributed by atoms with E-state index in [-0.39, 0.29) is 15.9 Å². The highest BCUT2D eigenvalue weighted by Crippen LogP contribution is 2.43. The molecule has 8 nitrogen and oxygen atoms in total. The van der Waals surface area contributed by atoms with Crippen LogP contribution in [-0.4, -0.2) is 50.8 Å². The van der Waals surface area contributed by atoms with E-state index < -0.39 is 16.0 Å². The van der Waals surface area contributed by atoms with Crippen LogP contribution in [0.1, 0.15) is 28.8 Å². The molecule has 2 fully saturated rings. The zero-order valence-corrected chi connectivity index (χ0v) is 16.9. The number of hydrogen-bond donors (Lipinski definition) is 2. The van der Waals surface area contributed by atoms with Crippen LogP contribution >= 0.6 is 0 Å². The second-order valence-corrected chi connectivity index (χ2v) is 9.47. The molecule has 29 heavy (non-hydrogen) atoms. The van der Waals surface area contributed by atoms with E-state index in [0.717, 1.165) is 44.7 Å². The molecule has 2 N–H and O–H groups in total. The number of carboxylic acid groups (broad SMARTS) is 1. The predicted octanol–water partition coefficient (Wildman–Crippen LogP) is 2.51. The van der Waals surface area contributed by atoms with Crippen LogP contribution in [0.15, 0.2) is 41.4 Å². The lowest BCUT2D eigenvalue weighted by Gasteiger charge is -2.53. The van der Waals surface area contributed by atoms with E-state index in [1.165, 1.54) is 24.3 Å². The molecular formula is C20H23N3O5S. The maximum absolute atomic E-state index is 12.8. The highest BCUT2D eigenvalue weighted by molar-refractivity contribution is 7.92. The number of nitrogens with zero attached hydrogens (tertiary/aromatic N) is 2. The van der Waals surface area contributed by atoms with Crippen molar-refractivity contribution in [3.63, 3.8) is 0 Å². The van der Waals surface area contributed by atoms with Gasteiger partial charge in [-0.3, -0.25) is 4.72 Å². The molecule has 2 aromatic rings. The largest absolute Gasteiger partial charge is 0.478 e. The fraction of sp³-hybridized carbons (Fsp3) is 0.400. The Labute approximate surface area is 169 Å². The van der Waals surface area contributed by atoms with E-state index in [4.69, 9.17) is 9.84 Å². The predicted molar refractivity (Wildman–Crippen MR) is 108 cm³/mol. The molecule has 0 amide bonds. The van der Waals surface area contributed by atoms with E-state index in [0.29, 0.717) is 11.5 Å². The van der Waals surface area contributed by atoms with Gasteiger partial charge in [-0.1, -0.05) is 0 Å². The number of benzene rings is 1. The van der Waals surface area contributed by atoms with Gasteiger partial charge in [0.25, 0.3) is 10.0 Å². The van der Waals surface area contributed by atoms with Gasteiger partial charge >= 0.3 is 5.97 Å². The van der Waals surface area contributed by atoms with Crippen molar-refractivity contribution in [3.05, 3.63) is 47.7 Å². The summed E-state index contributed by atoms with van der Waals surface area (Å²) in [6.07, 6.45) is 3.74. The summed E-state index contributed by atoms with van der Waals surface area (Å²) in [5.74, 6) is -0.495. The van der Waals surface area contributed by atoms with Crippen LogP contribution in [0.5, 0.6) is 0 Å². The summed E-state index contributed by atoms with van der Waals surface area (Å²) in [5.41, 5.74) is 1.53. The minimum atomic E-state index is -3.88. The van der Waals surface area contributed by atoms with Crippen molar-refractivity contribution >= 4 is 27.5 Å². The normalized spacial score (nSPS) is 18.3. The number of aromatic carboxylic acids is 1. The Bertz CT molecular complexity index is 1020. The molecule has 0 atom stereocenters. The number of carboxylic acids is 1. The lowest BCUT2D eigenvalue weighted by molar-refractivity contribution is -0.000403. The van der Waals surface area contributed by atoms with E-state index in [1.807, 2.05) is 6.92 Å². The van der Waals surface area contributed by atoms with Gasteiger partial charge in [-0.2, -0.15) is 0 Å². The number of carbonyl (C=O) groups is 1. The van der Waals surface area contributed by atoms with Crippen molar-refractivity contribution in [1.82, 2.24) is 4.98 Å². The van der Waals surface area contributed by atoms with Crippen LogP contribution in [-0.2, 0) is 14.8 Å². The van der Waals surface area contributed by atoms with E-state index in [1.54, 1.807) is 12.3 Å². The molecule has 0 saturated carbocycles. The van der Waals surface area contributed by atoms with E-state index in [2.05, 4.69) is 14.6 Å². The number of hydrogen-bond acceptors (Lipinski definition) is 6. The highest BCUT2D eigenvalue weighted by Gasteiger charge is 2.45. The monoisotopic (exact) mass is 417 g/mol. The number of sulfonamides is 1. The first kappa shape index (κ1) is 19.7. The van der Waals surface area contributed by atoms with Gasteiger partial charge in [0.2, 0.25) is 0 Å². The minimum absolute atomic E-state index is 0.000495. The first-order valence-electron chi connectivity index (χ1n) is 9.44. The molecule has 4 rings (SSSR count). The Morgan fingerprint density at radius 1 is 1.21 bits per heavy atom. The van der Waals surface area contributed by atoms with Crippen LogP contribution in [0.4, 0.5) is 11.5 Å². The fourth-order valence-electron chi connectivity index (χ4n) is 3.90. The maximum Gasteiger partial charge on any atom is 0.335 e. The number of aryl methyl sites for hydroxylation is 1. The molecule has 154 valence electrons. The molecule has 1 spiro atoms. The number of anilines is 2. The summed E-state index contributed by atoms with van der Waals surface area (Å²) in [6, 6.07) is 6.89. The molecule has 3 heterocycles. The molecular weight excluding hydrogens is 394 g/mol. The lowest BCUT2D eigenvalue weighted by Crippen LogP contribution is -2.59. The average molecular weight is 417 g/mol. The first-order chi connectivity index (χ1) is 13.8. The zero-order chi connectivity index (χ0) is 20.6. The summed E-state index contributed by atoms with van der Waals surface area (Å²) in [5, 5.41) is 8.99. The number of pyridine rings is 1. The topological polar surface area (TPSA) is 109 Å². The second kappa shape index (κ2) is 7.31. The van der Waals surface area contributed by atoms with Crippen LogP contribution in [0.25, 0.3) is 0 Å². The van der Waals surface area contributed by atoms with E-state index >= 15 is 0 Å². The zero-order valence-electron chi connectivity index (χ0n) is 16.1. The van der Waals surface area contributed by atoms with Gasteiger partial charge in [0.15, 0.2) is 5.82 Å². The van der Waals surface area contributed by atoms with Crippen molar-refractivity contribution in [2.24, 2.45) is 5.41 Å². The number of ether oxygens (including phenoxy) is 1.